The molecule has 0 bridgehead atoms. The Bertz CT molecular complexity index is 561. The van der Waals surface area contributed by atoms with E-state index in [-0.39, 0.29) is 6.61 Å². The van der Waals surface area contributed by atoms with Crippen molar-refractivity contribution >= 4 is 17.3 Å². The van der Waals surface area contributed by atoms with Crippen molar-refractivity contribution in [2.45, 2.75) is 6.42 Å². The molecule has 5 nitrogen and oxygen atoms in total. The van der Waals surface area contributed by atoms with Crippen molar-refractivity contribution in [3.05, 3.63) is 42.7 Å². The van der Waals surface area contributed by atoms with Gasteiger partial charge in [-0.15, -0.1) is 0 Å². The molecule has 0 radical (unpaired) electrons. The predicted molar refractivity (Wildman–Crippen MR) is 79.2 cm³/mol. The first-order valence-electron chi connectivity index (χ1n) is 6.85. The zero-order valence-electron chi connectivity index (χ0n) is 11.2. The summed E-state index contributed by atoms with van der Waals surface area (Å²) in [5.74, 6) is 2.05. The lowest BCUT2D eigenvalue weighted by Crippen LogP contribution is -2.21. The van der Waals surface area contributed by atoms with Gasteiger partial charge < -0.3 is 15.3 Å². The summed E-state index contributed by atoms with van der Waals surface area (Å²) >= 11 is 0. The molecule has 1 aromatic carbocycles. The number of aromatic nitrogens is 2. The monoisotopic (exact) mass is 270 g/mol. The van der Waals surface area contributed by atoms with Crippen molar-refractivity contribution in [3.8, 4) is 0 Å². The summed E-state index contributed by atoms with van der Waals surface area (Å²) in [7, 11) is 0. The summed E-state index contributed by atoms with van der Waals surface area (Å²) in [4.78, 5) is 10.8. The van der Waals surface area contributed by atoms with E-state index in [1.165, 1.54) is 0 Å². The number of hydrogen-bond donors (Lipinski definition) is 2. The highest BCUT2D eigenvalue weighted by Crippen LogP contribution is 2.24. The number of benzene rings is 1. The van der Waals surface area contributed by atoms with Crippen LogP contribution in [-0.4, -0.2) is 34.8 Å². The topological polar surface area (TPSA) is 61.3 Å². The summed E-state index contributed by atoms with van der Waals surface area (Å²) in [5.41, 5.74) is 1.01. The fourth-order valence-corrected chi connectivity index (χ4v) is 2.45. The van der Waals surface area contributed by atoms with Crippen molar-refractivity contribution < 1.29 is 5.11 Å². The van der Waals surface area contributed by atoms with E-state index < -0.39 is 0 Å². The van der Waals surface area contributed by atoms with Gasteiger partial charge in [-0.1, -0.05) is 18.2 Å². The zero-order chi connectivity index (χ0) is 13.8. The molecule has 3 rings (SSSR count). The number of rotatable bonds is 4. The molecular weight excluding hydrogens is 252 g/mol. The maximum Gasteiger partial charge on any atom is 0.135 e. The quantitative estimate of drug-likeness (QED) is 0.890. The fourth-order valence-electron chi connectivity index (χ4n) is 2.45. The number of nitrogens with one attached hydrogen (secondary N) is 1. The minimum atomic E-state index is 0.247. The predicted octanol–water partition coefficient (Wildman–Crippen LogP) is 2.04. The molecule has 0 saturated carbocycles. The van der Waals surface area contributed by atoms with Gasteiger partial charge in [0.2, 0.25) is 0 Å². The van der Waals surface area contributed by atoms with Crippen LogP contribution in [0.2, 0.25) is 0 Å². The van der Waals surface area contributed by atoms with Gasteiger partial charge in [-0.25, -0.2) is 9.97 Å². The van der Waals surface area contributed by atoms with E-state index in [0.29, 0.717) is 5.92 Å². The van der Waals surface area contributed by atoms with Gasteiger partial charge in [-0.3, -0.25) is 0 Å². The Balaban J connectivity index is 1.73. The SMILES string of the molecule is OCC1CCN(c2cc(Nc3ccccc3)ncn2)C1. The highest BCUT2D eigenvalue weighted by Gasteiger charge is 2.22. The Labute approximate surface area is 118 Å². The highest BCUT2D eigenvalue weighted by molar-refractivity contribution is 5.59. The van der Waals surface area contributed by atoms with E-state index in [0.717, 1.165) is 36.8 Å². The Morgan fingerprint density at radius 2 is 2.10 bits per heavy atom. The molecule has 0 aliphatic carbocycles. The van der Waals surface area contributed by atoms with Crippen molar-refractivity contribution in [2.75, 3.05) is 29.9 Å². The zero-order valence-corrected chi connectivity index (χ0v) is 11.2. The molecule has 20 heavy (non-hydrogen) atoms. The Kier molecular flexibility index (Phi) is 3.78. The molecule has 0 amide bonds. The van der Waals surface area contributed by atoms with Gasteiger partial charge in [0.15, 0.2) is 0 Å². The third-order valence-corrected chi connectivity index (χ3v) is 3.57. The maximum absolute atomic E-state index is 9.21. The van der Waals surface area contributed by atoms with E-state index in [1.54, 1.807) is 6.33 Å². The fraction of sp³-hybridized carbons (Fsp3) is 0.333. The second-order valence-corrected chi connectivity index (χ2v) is 5.04. The molecule has 5 heteroatoms. The number of hydrogen-bond acceptors (Lipinski definition) is 5. The Morgan fingerprint density at radius 1 is 1.25 bits per heavy atom. The van der Waals surface area contributed by atoms with E-state index in [9.17, 15) is 5.11 Å². The van der Waals surface area contributed by atoms with Crippen LogP contribution in [0.4, 0.5) is 17.3 Å². The summed E-state index contributed by atoms with van der Waals surface area (Å²) in [6.45, 7) is 2.04. The molecule has 1 saturated heterocycles. The first-order valence-corrected chi connectivity index (χ1v) is 6.85. The van der Waals surface area contributed by atoms with Crippen LogP contribution in [0.3, 0.4) is 0 Å². The molecule has 1 atom stereocenters. The van der Waals surface area contributed by atoms with Crippen molar-refractivity contribution in [1.82, 2.24) is 9.97 Å². The van der Waals surface area contributed by atoms with E-state index in [2.05, 4.69) is 20.2 Å². The van der Waals surface area contributed by atoms with Crippen LogP contribution < -0.4 is 10.2 Å². The van der Waals surface area contributed by atoms with E-state index in [1.807, 2.05) is 36.4 Å². The summed E-state index contributed by atoms with van der Waals surface area (Å²) in [5, 5.41) is 12.5. The number of aliphatic hydroxyl groups excluding tert-OH is 1. The molecule has 2 N–H and O–H groups in total. The standard InChI is InChI=1S/C15H18N4O/c20-10-12-6-7-19(9-12)15-8-14(16-11-17-15)18-13-4-2-1-3-5-13/h1-5,8,11-12,20H,6-7,9-10H2,(H,16,17,18). The first-order chi connectivity index (χ1) is 9.85. The second kappa shape index (κ2) is 5.88. The van der Waals surface area contributed by atoms with Gasteiger partial charge >= 0.3 is 0 Å². The molecule has 0 spiro atoms. The summed E-state index contributed by atoms with van der Waals surface area (Å²) < 4.78 is 0. The van der Waals surface area contributed by atoms with Crippen LogP contribution in [0, 0.1) is 5.92 Å². The molecule has 1 aliphatic rings. The van der Waals surface area contributed by atoms with Crippen LogP contribution in [0.1, 0.15) is 6.42 Å². The van der Waals surface area contributed by atoms with Gasteiger partial charge in [-0.05, 0) is 18.6 Å². The summed E-state index contributed by atoms with van der Waals surface area (Å²) in [6.07, 6.45) is 2.59. The molecular formula is C15H18N4O. The van der Waals surface area contributed by atoms with Gasteiger partial charge in [0.1, 0.15) is 18.0 Å². The number of aliphatic hydroxyl groups is 1. The largest absolute Gasteiger partial charge is 0.396 e. The van der Waals surface area contributed by atoms with E-state index in [4.69, 9.17) is 0 Å². The minimum absolute atomic E-state index is 0.247. The maximum atomic E-state index is 9.21. The van der Waals surface area contributed by atoms with Gasteiger partial charge in [0.25, 0.3) is 0 Å². The Hall–Kier alpha value is -2.14. The van der Waals surface area contributed by atoms with Gasteiger partial charge in [0.05, 0.1) is 0 Å². The molecule has 2 aromatic rings. The van der Waals surface area contributed by atoms with Crippen LogP contribution in [0.25, 0.3) is 0 Å². The van der Waals surface area contributed by atoms with Crippen LogP contribution in [0.5, 0.6) is 0 Å². The lowest BCUT2D eigenvalue weighted by atomic mass is 10.1. The molecule has 2 heterocycles. The van der Waals surface area contributed by atoms with Gasteiger partial charge in [0, 0.05) is 37.4 Å². The normalized spacial score (nSPS) is 18.2. The van der Waals surface area contributed by atoms with Gasteiger partial charge in [-0.2, -0.15) is 0 Å². The molecule has 104 valence electrons. The Morgan fingerprint density at radius 3 is 2.85 bits per heavy atom. The van der Waals surface area contributed by atoms with Crippen molar-refractivity contribution in [3.63, 3.8) is 0 Å². The molecule has 1 aliphatic heterocycles. The average molecular weight is 270 g/mol. The van der Waals surface area contributed by atoms with Crippen molar-refractivity contribution in [2.24, 2.45) is 5.92 Å². The molecule has 1 aromatic heterocycles. The number of para-hydroxylation sites is 1. The van der Waals surface area contributed by atoms with Crippen LogP contribution in [0.15, 0.2) is 42.7 Å². The lowest BCUT2D eigenvalue weighted by Gasteiger charge is -2.17. The lowest BCUT2D eigenvalue weighted by molar-refractivity contribution is 0.238. The average Bonchev–Trinajstić information content (AvgIpc) is 2.98. The first kappa shape index (κ1) is 12.9. The third-order valence-electron chi connectivity index (χ3n) is 3.57. The minimum Gasteiger partial charge on any atom is -0.396 e. The van der Waals surface area contributed by atoms with E-state index >= 15 is 0 Å². The second-order valence-electron chi connectivity index (χ2n) is 5.04. The summed E-state index contributed by atoms with van der Waals surface area (Å²) in [6, 6.07) is 11.9. The molecule has 1 unspecified atom stereocenters. The van der Waals surface area contributed by atoms with Crippen molar-refractivity contribution in [1.29, 1.82) is 0 Å². The highest BCUT2D eigenvalue weighted by atomic mass is 16.3. The smallest absolute Gasteiger partial charge is 0.135 e. The van der Waals surface area contributed by atoms with Crippen LogP contribution in [-0.2, 0) is 0 Å². The van der Waals surface area contributed by atoms with Crippen LogP contribution >= 0.6 is 0 Å². The molecule has 1 fully saturated rings. The third kappa shape index (κ3) is 2.88. The number of nitrogens with zero attached hydrogens (tertiary/aromatic N) is 3. The number of anilines is 3.